The number of imidazole rings is 1. The van der Waals surface area contributed by atoms with Crippen LogP contribution in [-0.4, -0.2) is 38.6 Å². The second-order valence-corrected chi connectivity index (χ2v) is 6.89. The second kappa shape index (κ2) is 9.12. The fourth-order valence-corrected chi connectivity index (χ4v) is 2.87. The number of aryl methyl sites for hydroxylation is 1. The molecule has 0 fully saturated rings. The molecule has 0 saturated heterocycles. The first-order valence-corrected chi connectivity index (χ1v) is 9.38. The number of urea groups is 1. The maximum atomic E-state index is 11.8. The predicted molar refractivity (Wildman–Crippen MR) is 106 cm³/mol. The zero-order valence-corrected chi connectivity index (χ0v) is 15.9. The van der Waals surface area contributed by atoms with Gasteiger partial charge in [-0.25, -0.2) is 14.8 Å². The molecule has 0 saturated carbocycles. The molecule has 0 aliphatic heterocycles. The van der Waals surface area contributed by atoms with Crippen LogP contribution in [0.25, 0.3) is 22.6 Å². The average molecular weight is 366 g/mol. The number of hydrogen-bond donors (Lipinski definition) is 2. The topological polar surface area (TPSA) is 84.7 Å². The smallest absolute Gasteiger partial charge is 0.314 e. The van der Waals surface area contributed by atoms with Crippen LogP contribution in [0.5, 0.6) is 0 Å². The van der Waals surface area contributed by atoms with Crippen LogP contribution < -0.4 is 10.6 Å². The van der Waals surface area contributed by atoms with Gasteiger partial charge in [0.25, 0.3) is 0 Å². The van der Waals surface area contributed by atoms with E-state index in [1.807, 2.05) is 24.3 Å². The quantitative estimate of drug-likeness (QED) is 0.600. The Labute approximate surface area is 159 Å². The number of hydrogen-bond acceptors (Lipinski definition) is 4. The molecule has 2 N–H and O–H groups in total. The lowest BCUT2D eigenvalue weighted by atomic mass is 10.1. The van der Waals surface area contributed by atoms with Gasteiger partial charge in [-0.3, -0.25) is 4.98 Å². The molecule has 7 heteroatoms. The molecule has 3 aromatic rings. The van der Waals surface area contributed by atoms with Gasteiger partial charge < -0.3 is 15.2 Å². The maximum Gasteiger partial charge on any atom is 0.314 e. The van der Waals surface area contributed by atoms with Gasteiger partial charge in [-0.1, -0.05) is 13.8 Å². The van der Waals surface area contributed by atoms with Crippen molar-refractivity contribution in [3.8, 4) is 11.4 Å². The van der Waals surface area contributed by atoms with E-state index in [2.05, 4.69) is 39.0 Å². The number of nitrogens with zero attached hydrogens (tertiary/aromatic N) is 4. The fraction of sp³-hybridized carbons (Fsp3) is 0.400. The zero-order chi connectivity index (χ0) is 19.1. The van der Waals surface area contributed by atoms with Crippen LogP contribution in [0.1, 0.15) is 26.7 Å². The van der Waals surface area contributed by atoms with Crippen LogP contribution >= 0.6 is 0 Å². The third-order valence-corrected chi connectivity index (χ3v) is 4.29. The van der Waals surface area contributed by atoms with Gasteiger partial charge in [0, 0.05) is 43.8 Å². The van der Waals surface area contributed by atoms with Crippen molar-refractivity contribution in [1.82, 2.24) is 30.2 Å². The molecule has 27 heavy (non-hydrogen) atoms. The first-order valence-electron chi connectivity index (χ1n) is 9.38. The minimum Gasteiger partial charge on any atom is -0.338 e. The Balaban J connectivity index is 1.62. The average Bonchev–Trinajstić information content (AvgIpc) is 3.04. The van der Waals surface area contributed by atoms with E-state index < -0.39 is 0 Å². The predicted octanol–water partition coefficient (Wildman–Crippen LogP) is 3.23. The number of carbonyl (C=O) groups is 1. The van der Waals surface area contributed by atoms with Crippen molar-refractivity contribution in [3.63, 3.8) is 0 Å². The first-order chi connectivity index (χ1) is 13.1. The van der Waals surface area contributed by atoms with E-state index in [-0.39, 0.29) is 6.03 Å². The molecular formula is C20H26N6O. The zero-order valence-electron chi connectivity index (χ0n) is 15.9. The molecular weight excluding hydrogens is 340 g/mol. The summed E-state index contributed by atoms with van der Waals surface area (Å²) in [6.07, 6.45) is 7.06. The van der Waals surface area contributed by atoms with Gasteiger partial charge in [-0.05, 0) is 43.0 Å². The van der Waals surface area contributed by atoms with Gasteiger partial charge in [-0.15, -0.1) is 0 Å². The van der Waals surface area contributed by atoms with Crippen molar-refractivity contribution >= 4 is 17.2 Å². The number of nitrogens with one attached hydrogen (secondary N) is 2. The highest BCUT2D eigenvalue weighted by molar-refractivity contribution is 5.77. The lowest BCUT2D eigenvalue weighted by molar-refractivity contribution is 0.240. The number of fused-ring (bicyclic) bond motifs is 1. The Morgan fingerprint density at radius 1 is 1.11 bits per heavy atom. The highest BCUT2D eigenvalue weighted by Crippen LogP contribution is 2.23. The number of aromatic nitrogens is 4. The Bertz CT molecular complexity index is 875. The normalized spacial score (nSPS) is 11.1. The minimum atomic E-state index is -0.112. The van der Waals surface area contributed by atoms with Gasteiger partial charge in [0.05, 0.1) is 0 Å². The number of carbonyl (C=O) groups excluding carboxylic acids is 1. The van der Waals surface area contributed by atoms with Crippen molar-refractivity contribution in [1.29, 1.82) is 0 Å². The summed E-state index contributed by atoms with van der Waals surface area (Å²) >= 11 is 0. The standard InChI is InChI=1S/C20H26N6O/c1-15(2)6-13-24-20(27)23-10-4-14-26-18(16-7-11-21-12-8-16)25-17-5-3-9-22-19(17)26/h3,5,7-9,11-12,15H,4,6,10,13-14H2,1-2H3,(H2,23,24,27). The summed E-state index contributed by atoms with van der Waals surface area (Å²) in [5, 5.41) is 5.80. The Hall–Kier alpha value is -2.96. The van der Waals surface area contributed by atoms with Crippen molar-refractivity contribution in [3.05, 3.63) is 42.9 Å². The van der Waals surface area contributed by atoms with E-state index in [9.17, 15) is 4.79 Å². The van der Waals surface area contributed by atoms with Gasteiger partial charge in [0.15, 0.2) is 5.65 Å². The van der Waals surface area contributed by atoms with Crippen LogP contribution in [0.3, 0.4) is 0 Å². The SMILES string of the molecule is CC(C)CCNC(=O)NCCCn1c(-c2ccncc2)nc2cccnc21. The second-order valence-electron chi connectivity index (χ2n) is 6.89. The molecule has 0 aliphatic carbocycles. The van der Waals surface area contributed by atoms with E-state index in [1.54, 1.807) is 18.6 Å². The Morgan fingerprint density at radius 2 is 1.89 bits per heavy atom. The Morgan fingerprint density at radius 3 is 2.67 bits per heavy atom. The molecule has 0 unspecified atom stereocenters. The summed E-state index contributed by atoms with van der Waals surface area (Å²) in [6, 6.07) is 7.62. The molecule has 7 nitrogen and oxygen atoms in total. The van der Waals surface area contributed by atoms with Crippen LogP contribution in [0.2, 0.25) is 0 Å². The van der Waals surface area contributed by atoms with E-state index in [0.29, 0.717) is 19.0 Å². The summed E-state index contributed by atoms with van der Waals surface area (Å²) in [7, 11) is 0. The highest BCUT2D eigenvalue weighted by atomic mass is 16.2. The molecule has 0 aliphatic rings. The van der Waals surface area contributed by atoms with Crippen LogP contribution in [0.15, 0.2) is 42.9 Å². The fourth-order valence-electron chi connectivity index (χ4n) is 2.87. The van der Waals surface area contributed by atoms with Crippen LogP contribution in [0.4, 0.5) is 4.79 Å². The third-order valence-electron chi connectivity index (χ3n) is 4.29. The molecule has 3 aromatic heterocycles. The van der Waals surface area contributed by atoms with E-state index in [1.165, 1.54) is 0 Å². The number of pyridine rings is 2. The van der Waals surface area contributed by atoms with Crippen LogP contribution in [0, 0.1) is 5.92 Å². The molecule has 0 atom stereocenters. The monoisotopic (exact) mass is 366 g/mol. The first kappa shape index (κ1) is 18.8. The summed E-state index contributed by atoms with van der Waals surface area (Å²) in [5.41, 5.74) is 2.72. The van der Waals surface area contributed by atoms with Crippen molar-refractivity contribution in [2.75, 3.05) is 13.1 Å². The summed E-state index contributed by atoms with van der Waals surface area (Å²) in [6.45, 7) is 6.30. The summed E-state index contributed by atoms with van der Waals surface area (Å²) < 4.78 is 2.10. The number of amides is 2. The lowest BCUT2D eigenvalue weighted by Crippen LogP contribution is -2.37. The molecule has 3 rings (SSSR count). The van der Waals surface area contributed by atoms with Gasteiger partial charge in [0.2, 0.25) is 0 Å². The molecule has 3 heterocycles. The van der Waals surface area contributed by atoms with E-state index in [0.717, 1.165) is 41.9 Å². The van der Waals surface area contributed by atoms with Gasteiger partial charge >= 0.3 is 6.03 Å². The maximum absolute atomic E-state index is 11.8. The summed E-state index contributed by atoms with van der Waals surface area (Å²) in [4.78, 5) is 25.1. The van der Waals surface area contributed by atoms with Gasteiger partial charge in [-0.2, -0.15) is 0 Å². The van der Waals surface area contributed by atoms with Gasteiger partial charge in [0.1, 0.15) is 11.3 Å². The number of rotatable bonds is 8. The Kier molecular flexibility index (Phi) is 6.35. The lowest BCUT2D eigenvalue weighted by Gasteiger charge is -2.11. The summed E-state index contributed by atoms with van der Waals surface area (Å²) in [5.74, 6) is 1.45. The van der Waals surface area contributed by atoms with E-state index in [4.69, 9.17) is 4.98 Å². The van der Waals surface area contributed by atoms with Crippen molar-refractivity contribution in [2.24, 2.45) is 5.92 Å². The minimum absolute atomic E-state index is 0.112. The molecule has 0 spiro atoms. The molecule has 0 aromatic carbocycles. The largest absolute Gasteiger partial charge is 0.338 e. The van der Waals surface area contributed by atoms with Crippen molar-refractivity contribution in [2.45, 2.75) is 33.2 Å². The molecule has 142 valence electrons. The highest BCUT2D eigenvalue weighted by Gasteiger charge is 2.13. The molecule has 2 amide bonds. The third kappa shape index (κ3) is 5.03. The molecule has 0 radical (unpaired) electrons. The van der Waals surface area contributed by atoms with E-state index >= 15 is 0 Å². The van der Waals surface area contributed by atoms with Crippen molar-refractivity contribution < 1.29 is 4.79 Å². The molecule has 0 bridgehead atoms. The van der Waals surface area contributed by atoms with Crippen LogP contribution in [-0.2, 0) is 6.54 Å².